The van der Waals surface area contributed by atoms with Crippen molar-refractivity contribution in [1.82, 2.24) is 0 Å². The molecule has 0 aromatic rings. The molecule has 0 rings (SSSR count). The van der Waals surface area contributed by atoms with E-state index < -0.39 is 18.2 Å². The van der Waals surface area contributed by atoms with Crippen LogP contribution < -0.4 is 5.73 Å². The molecule has 3 nitrogen and oxygen atoms in total. The zero-order valence-electron chi connectivity index (χ0n) is 6.62. The monoisotopic (exact) mass is 147 g/mol. The van der Waals surface area contributed by atoms with Gasteiger partial charge in [-0.3, -0.25) is 0 Å². The Bertz CT molecular complexity index is 77.7. The van der Waals surface area contributed by atoms with Crippen LogP contribution in [0.15, 0.2) is 0 Å². The van der Waals surface area contributed by atoms with E-state index >= 15 is 0 Å². The topological polar surface area (TPSA) is 66.5 Å². The molecule has 4 N–H and O–H groups in total. The van der Waals surface area contributed by atoms with Gasteiger partial charge in [-0.25, -0.2) is 0 Å². The maximum absolute atomic E-state index is 9.14. The molecule has 0 aliphatic carbocycles. The average Bonchev–Trinajstić information content (AvgIpc) is 2.00. The van der Waals surface area contributed by atoms with Crippen molar-refractivity contribution in [3.8, 4) is 0 Å². The Kier molecular flexibility index (Phi) is 4.60. The molecule has 0 aliphatic rings. The second-order valence-corrected chi connectivity index (χ2v) is 2.53. The molecule has 0 aliphatic heterocycles. The van der Waals surface area contributed by atoms with E-state index in [0.717, 1.165) is 0 Å². The van der Waals surface area contributed by atoms with Gasteiger partial charge < -0.3 is 15.9 Å². The van der Waals surface area contributed by atoms with Gasteiger partial charge in [0.2, 0.25) is 0 Å². The van der Waals surface area contributed by atoms with E-state index in [9.17, 15) is 0 Å². The Morgan fingerprint density at radius 1 is 1.10 bits per heavy atom. The fourth-order valence-corrected chi connectivity index (χ4v) is 0.801. The summed E-state index contributed by atoms with van der Waals surface area (Å²) in [4.78, 5) is 0. The van der Waals surface area contributed by atoms with E-state index in [1.165, 1.54) is 0 Å². The van der Waals surface area contributed by atoms with Crippen molar-refractivity contribution in [3.63, 3.8) is 0 Å². The van der Waals surface area contributed by atoms with Gasteiger partial charge in [-0.1, -0.05) is 13.8 Å². The van der Waals surface area contributed by atoms with Crippen LogP contribution in [0.25, 0.3) is 0 Å². The number of nitrogens with two attached hydrogens (primary N) is 1. The van der Waals surface area contributed by atoms with E-state index in [-0.39, 0.29) is 0 Å². The van der Waals surface area contributed by atoms with Gasteiger partial charge in [-0.2, -0.15) is 0 Å². The van der Waals surface area contributed by atoms with Crippen molar-refractivity contribution >= 4 is 0 Å². The second-order valence-electron chi connectivity index (χ2n) is 2.53. The highest BCUT2D eigenvalue weighted by Crippen LogP contribution is 2.03. The lowest BCUT2D eigenvalue weighted by atomic mass is 10.0. The number of rotatable bonds is 4. The number of aliphatic hydroxyl groups excluding tert-OH is 2. The van der Waals surface area contributed by atoms with Crippen molar-refractivity contribution in [2.45, 2.75) is 44.9 Å². The van der Waals surface area contributed by atoms with Gasteiger partial charge in [0.25, 0.3) is 0 Å². The minimum Gasteiger partial charge on any atom is -0.391 e. The molecule has 0 aromatic carbocycles. The molecule has 0 amide bonds. The summed E-state index contributed by atoms with van der Waals surface area (Å²) in [6.07, 6.45) is 0.0427. The van der Waals surface area contributed by atoms with Gasteiger partial charge in [-0.05, 0) is 12.8 Å². The fourth-order valence-electron chi connectivity index (χ4n) is 0.801. The third-order valence-corrected chi connectivity index (χ3v) is 1.73. The molecule has 0 aromatic heterocycles. The Balaban J connectivity index is 3.69. The quantitative estimate of drug-likeness (QED) is 0.518. The van der Waals surface area contributed by atoms with Gasteiger partial charge in [0, 0.05) is 0 Å². The van der Waals surface area contributed by atoms with Crippen molar-refractivity contribution in [2.75, 3.05) is 0 Å². The van der Waals surface area contributed by atoms with E-state index in [1.807, 2.05) is 13.8 Å². The maximum Gasteiger partial charge on any atom is 0.0713 e. The molecular formula is C7H17NO2. The third-order valence-electron chi connectivity index (χ3n) is 1.73. The summed E-state index contributed by atoms with van der Waals surface area (Å²) in [5.74, 6) is 0. The molecule has 2 atom stereocenters. The van der Waals surface area contributed by atoms with E-state index in [1.54, 1.807) is 0 Å². The van der Waals surface area contributed by atoms with Crippen LogP contribution in [0, 0.1) is 0 Å². The van der Waals surface area contributed by atoms with Gasteiger partial charge in [-0.15, -0.1) is 0 Å². The molecule has 0 radical (unpaired) electrons. The van der Waals surface area contributed by atoms with Crippen molar-refractivity contribution in [1.29, 1.82) is 0 Å². The Morgan fingerprint density at radius 3 is 1.60 bits per heavy atom. The highest BCUT2D eigenvalue weighted by molar-refractivity contribution is 4.77. The van der Waals surface area contributed by atoms with E-state index in [2.05, 4.69) is 0 Å². The van der Waals surface area contributed by atoms with Crippen LogP contribution in [0.2, 0.25) is 0 Å². The first-order chi connectivity index (χ1) is 4.63. The van der Waals surface area contributed by atoms with Crippen molar-refractivity contribution < 1.29 is 10.2 Å². The van der Waals surface area contributed by atoms with Gasteiger partial charge >= 0.3 is 0 Å². The Labute approximate surface area is 61.9 Å². The van der Waals surface area contributed by atoms with E-state index in [4.69, 9.17) is 15.9 Å². The first-order valence-electron chi connectivity index (χ1n) is 3.75. The van der Waals surface area contributed by atoms with Gasteiger partial charge in [0.15, 0.2) is 0 Å². The number of aliphatic hydroxyl groups is 2. The average molecular weight is 147 g/mol. The largest absolute Gasteiger partial charge is 0.391 e. The Morgan fingerprint density at radius 2 is 1.40 bits per heavy atom. The van der Waals surface area contributed by atoms with Crippen LogP contribution in [0.4, 0.5) is 0 Å². The van der Waals surface area contributed by atoms with Gasteiger partial charge in [0.05, 0.1) is 18.2 Å². The summed E-state index contributed by atoms with van der Waals surface area (Å²) in [6.45, 7) is 3.68. The molecule has 62 valence electrons. The maximum atomic E-state index is 9.14. The normalized spacial score (nSPS) is 20.1. The molecular weight excluding hydrogens is 130 g/mol. The fraction of sp³-hybridized carbons (Fsp3) is 1.00. The molecule has 0 spiro atoms. The summed E-state index contributed by atoms with van der Waals surface area (Å²) in [7, 11) is 0. The first-order valence-corrected chi connectivity index (χ1v) is 3.75. The molecule has 3 heteroatoms. The lowest BCUT2D eigenvalue weighted by Gasteiger charge is -2.21. The second kappa shape index (κ2) is 4.66. The summed E-state index contributed by atoms with van der Waals surface area (Å²) in [5.41, 5.74) is 5.48. The lowest BCUT2D eigenvalue weighted by molar-refractivity contribution is 0.0518. The summed E-state index contributed by atoms with van der Waals surface area (Å²) in [6, 6.07) is -0.491. The zero-order valence-corrected chi connectivity index (χ0v) is 6.62. The molecule has 2 unspecified atom stereocenters. The minimum absolute atomic E-state index is 0.491. The molecule has 0 saturated heterocycles. The first kappa shape index (κ1) is 9.88. The van der Waals surface area contributed by atoms with Crippen LogP contribution in [-0.2, 0) is 0 Å². The molecule has 10 heavy (non-hydrogen) atoms. The predicted molar refractivity (Wildman–Crippen MR) is 40.6 cm³/mol. The SMILES string of the molecule is CCC(O)C(N)C(O)CC. The van der Waals surface area contributed by atoms with Crippen molar-refractivity contribution in [3.05, 3.63) is 0 Å². The predicted octanol–water partition coefficient (Wildman–Crippen LogP) is -0.145. The van der Waals surface area contributed by atoms with Crippen LogP contribution in [0.1, 0.15) is 26.7 Å². The van der Waals surface area contributed by atoms with Crippen LogP contribution in [-0.4, -0.2) is 28.5 Å². The number of hydrogen-bond acceptors (Lipinski definition) is 3. The standard InChI is InChI=1S/C7H17NO2/c1-3-5(9)7(8)6(10)4-2/h5-7,9-10H,3-4,8H2,1-2H3. The van der Waals surface area contributed by atoms with E-state index in [0.29, 0.717) is 12.8 Å². The Hall–Kier alpha value is -0.120. The van der Waals surface area contributed by atoms with Crippen LogP contribution >= 0.6 is 0 Å². The van der Waals surface area contributed by atoms with Crippen LogP contribution in [0.5, 0.6) is 0 Å². The van der Waals surface area contributed by atoms with Crippen LogP contribution in [0.3, 0.4) is 0 Å². The summed E-state index contributed by atoms with van der Waals surface area (Å²) >= 11 is 0. The highest BCUT2D eigenvalue weighted by Gasteiger charge is 2.19. The minimum atomic E-state index is -0.574. The third kappa shape index (κ3) is 2.64. The van der Waals surface area contributed by atoms with Crippen molar-refractivity contribution in [2.24, 2.45) is 5.73 Å². The lowest BCUT2D eigenvalue weighted by Crippen LogP contribution is -2.44. The molecule has 0 saturated carbocycles. The highest BCUT2D eigenvalue weighted by atomic mass is 16.3. The molecule has 0 heterocycles. The molecule has 0 fully saturated rings. The zero-order chi connectivity index (χ0) is 8.15. The summed E-state index contributed by atoms with van der Waals surface area (Å²) in [5, 5.41) is 18.3. The summed E-state index contributed by atoms with van der Waals surface area (Å²) < 4.78 is 0. The van der Waals surface area contributed by atoms with Gasteiger partial charge in [0.1, 0.15) is 0 Å². The number of hydrogen-bond donors (Lipinski definition) is 3. The smallest absolute Gasteiger partial charge is 0.0713 e. The molecule has 0 bridgehead atoms.